The van der Waals surface area contributed by atoms with E-state index in [1.807, 2.05) is 55.5 Å². The van der Waals surface area contributed by atoms with Crippen LogP contribution in [0.4, 0.5) is 6.01 Å². The fourth-order valence-electron chi connectivity index (χ4n) is 3.33. The van der Waals surface area contributed by atoms with Crippen molar-refractivity contribution in [1.82, 2.24) is 15.0 Å². The van der Waals surface area contributed by atoms with Crippen LogP contribution in [0.15, 0.2) is 87.2 Å². The molecule has 144 valence electrons. The van der Waals surface area contributed by atoms with Crippen molar-refractivity contribution in [2.45, 2.75) is 18.9 Å². The fraction of sp³-hybridized carbons (Fsp3) is 0.136. The molecule has 0 fully saturated rings. The van der Waals surface area contributed by atoms with Crippen molar-refractivity contribution in [1.29, 1.82) is 0 Å². The van der Waals surface area contributed by atoms with Crippen LogP contribution >= 0.6 is 0 Å². The minimum Gasteiger partial charge on any atom is -0.438 e. The highest BCUT2D eigenvalue weighted by atomic mass is 16.4. The molecule has 7 nitrogen and oxygen atoms in total. The van der Waals surface area contributed by atoms with E-state index in [1.54, 1.807) is 18.6 Å². The molecule has 3 heterocycles. The van der Waals surface area contributed by atoms with Crippen LogP contribution in [-0.4, -0.2) is 15.0 Å². The molecule has 0 saturated heterocycles. The number of para-hydroxylation sites is 2. The van der Waals surface area contributed by atoms with Gasteiger partial charge in [-0.1, -0.05) is 24.3 Å². The standard InChI is InChI=1S/C22H19N5O2/c1-14-8-9-22(23,20-26-16-6-2-3-7-18(16)28-20)11-17(14)27-21-25-13-19(29-21)15-5-4-10-24-12-15/h2-10,12-13H,11,23H2,1H3,(H,25,27). The summed E-state index contributed by atoms with van der Waals surface area (Å²) in [5.74, 6) is 1.12. The fourth-order valence-corrected chi connectivity index (χ4v) is 3.33. The lowest BCUT2D eigenvalue weighted by atomic mass is 9.87. The number of allylic oxidation sites excluding steroid dienone is 2. The van der Waals surface area contributed by atoms with E-state index in [0.717, 1.165) is 27.9 Å². The van der Waals surface area contributed by atoms with Crippen LogP contribution in [0.5, 0.6) is 0 Å². The maximum Gasteiger partial charge on any atom is 0.299 e. The molecule has 0 saturated carbocycles. The molecule has 1 atom stereocenters. The lowest BCUT2D eigenvalue weighted by molar-refractivity contribution is 0.396. The number of oxazole rings is 2. The lowest BCUT2D eigenvalue weighted by Gasteiger charge is -2.28. The normalized spacial score (nSPS) is 19.1. The Morgan fingerprint density at radius 2 is 2.00 bits per heavy atom. The summed E-state index contributed by atoms with van der Waals surface area (Å²) < 4.78 is 11.8. The third-order valence-electron chi connectivity index (χ3n) is 4.98. The van der Waals surface area contributed by atoms with Crippen molar-refractivity contribution in [3.63, 3.8) is 0 Å². The predicted molar refractivity (Wildman–Crippen MR) is 110 cm³/mol. The molecule has 3 N–H and O–H groups in total. The topological polar surface area (TPSA) is 103 Å². The number of anilines is 1. The first kappa shape index (κ1) is 17.4. The van der Waals surface area contributed by atoms with Gasteiger partial charge in [-0.2, -0.15) is 0 Å². The quantitative estimate of drug-likeness (QED) is 0.537. The zero-order valence-electron chi connectivity index (χ0n) is 15.8. The summed E-state index contributed by atoms with van der Waals surface area (Å²) >= 11 is 0. The molecule has 0 amide bonds. The predicted octanol–water partition coefficient (Wildman–Crippen LogP) is 4.38. The number of nitrogens with two attached hydrogens (primary N) is 1. The molecule has 5 rings (SSSR count). The second-order valence-electron chi connectivity index (χ2n) is 7.10. The summed E-state index contributed by atoms with van der Waals surface area (Å²) in [5, 5.41) is 3.26. The Bertz CT molecular complexity index is 1210. The molecule has 1 aliphatic rings. The van der Waals surface area contributed by atoms with E-state index in [1.165, 1.54) is 0 Å². The zero-order valence-corrected chi connectivity index (χ0v) is 15.8. The number of hydrogen-bond acceptors (Lipinski definition) is 7. The molecule has 29 heavy (non-hydrogen) atoms. The van der Waals surface area contributed by atoms with Crippen molar-refractivity contribution >= 4 is 17.1 Å². The monoisotopic (exact) mass is 385 g/mol. The summed E-state index contributed by atoms with van der Waals surface area (Å²) in [6.07, 6.45) is 9.49. The summed E-state index contributed by atoms with van der Waals surface area (Å²) in [6, 6.07) is 11.8. The minimum absolute atomic E-state index is 0.397. The lowest BCUT2D eigenvalue weighted by Crippen LogP contribution is -2.38. The van der Waals surface area contributed by atoms with Crippen LogP contribution < -0.4 is 11.1 Å². The van der Waals surface area contributed by atoms with Crippen molar-refractivity contribution in [3.05, 3.63) is 84.3 Å². The number of rotatable bonds is 4. The van der Waals surface area contributed by atoms with E-state index < -0.39 is 5.54 Å². The Morgan fingerprint density at radius 3 is 2.83 bits per heavy atom. The SMILES string of the molecule is CC1=C(Nc2ncc(-c3cccnc3)o2)CC(N)(c2nc3ccccc3o2)C=C1. The molecule has 3 aromatic heterocycles. The smallest absolute Gasteiger partial charge is 0.299 e. The van der Waals surface area contributed by atoms with Crippen LogP contribution in [0, 0.1) is 0 Å². The first-order chi connectivity index (χ1) is 14.1. The molecule has 0 aliphatic heterocycles. The molecule has 1 aromatic carbocycles. The van der Waals surface area contributed by atoms with Crippen LogP contribution in [-0.2, 0) is 5.54 Å². The van der Waals surface area contributed by atoms with E-state index >= 15 is 0 Å². The number of pyridine rings is 1. The van der Waals surface area contributed by atoms with Gasteiger partial charge in [0.25, 0.3) is 6.01 Å². The number of benzene rings is 1. The van der Waals surface area contributed by atoms with Gasteiger partial charge in [0.2, 0.25) is 5.89 Å². The average Bonchev–Trinajstić information content (AvgIpc) is 3.39. The Balaban J connectivity index is 1.41. The third kappa shape index (κ3) is 3.21. The highest BCUT2D eigenvalue weighted by Crippen LogP contribution is 2.35. The number of fused-ring (bicyclic) bond motifs is 1. The van der Waals surface area contributed by atoms with E-state index in [2.05, 4.69) is 20.3 Å². The van der Waals surface area contributed by atoms with Gasteiger partial charge in [0.1, 0.15) is 11.1 Å². The second kappa shape index (κ2) is 6.72. The van der Waals surface area contributed by atoms with Crippen molar-refractivity contribution in [2.75, 3.05) is 5.32 Å². The highest BCUT2D eigenvalue weighted by Gasteiger charge is 2.34. The van der Waals surface area contributed by atoms with E-state index in [4.69, 9.17) is 14.6 Å². The molecule has 0 radical (unpaired) electrons. The molecule has 0 spiro atoms. The highest BCUT2D eigenvalue weighted by molar-refractivity contribution is 5.72. The van der Waals surface area contributed by atoms with Crippen molar-refractivity contribution in [3.8, 4) is 11.3 Å². The van der Waals surface area contributed by atoms with Gasteiger partial charge in [-0.3, -0.25) is 4.98 Å². The van der Waals surface area contributed by atoms with Crippen LogP contribution in [0.2, 0.25) is 0 Å². The first-order valence-corrected chi connectivity index (χ1v) is 9.28. The Labute approximate surface area is 167 Å². The second-order valence-corrected chi connectivity index (χ2v) is 7.10. The molecule has 4 aromatic rings. The van der Waals surface area contributed by atoms with Gasteiger partial charge in [-0.05, 0) is 36.8 Å². The van der Waals surface area contributed by atoms with Gasteiger partial charge in [0.05, 0.1) is 6.20 Å². The van der Waals surface area contributed by atoms with Crippen LogP contribution in [0.3, 0.4) is 0 Å². The number of aromatic nitrogens is 3. The number of hydrogen-bond donors (Lipinski definition) is 2. The number of nitrogens with zero attached hydrogens (tertiary/aromatic N) is 3. The van der Waals surface area contributed by atoms with Gasteiger partial charge in [0, 0.05) is 30.1 Å². The molecule has 0 bridgehead atoms. The third-order valence-corrected chi connectivity index (χ3v) is 4.98. The van der Waals surface area contributed by atoms with Crippen molar-refractivity contribution < 1.29 is 8.83 Å². The summed E-state index contributed by atoms with van der Waals surface area (Å²) in [7, 11) is 0. The molecule has 7 heteroatoms. The zero-order chi connectivity index (χ0) is 19.8. The van der Waals surface area contributed by atoms with E-state index in [9.17, 15) is 0 Å². The molecular formula is C22H19N5O2. The van der Waals surface area contributed by atoms with Crippen molar-refractivity contribution in [2.24, 2.45) is 5.73 Å². The van der Waals surface area contributed by atoms with Crippen LogP contribution in [0.1, 0.15) is 19.2 Å². The maximum absolute atomic E-state index is 6.67. The van der Waals surface area contributed by atoms with Crippen LogP contribution in [0.25, 0.3) is 22.4 Å². The van der Waals surface area contributed by atoms with Gasteiger partial charge in [-0.25, -0.2) is 9.97 Å². The minimum atomic E-state index is -0.861. The maximum atomic E-state index is 6.67. The first-order valence-electron chi connectivity index (χ1n) is 9.28. The Kier molecular flexibility index (Phi) is 4.03. The molecule has 1 unspecified atom stereocenters. The average molecular weight is 385 g/mol. The molecule has 1 aliphatic carbocycles. The van der Waals surface area contributed by atoms with Gasteiger partial charge in [-0.15, -0.1) is 0 Å². The van der Waals surface area contributed by atoms with E-state index in [-0.39, 0.29) is 0 Å². The summed E-state index contributed by atoms with van der Waals surface area (Å²) in [6.45, 7) is 2.01. The Morgan fingerprint density at radius 1 is 1.10 bits per heavy atom. The molecular weight excluding hydrogens is 366 g/mol. The van der Waals surface area contributed by atoms with Gasteiger partial charge < -0.3 is 19.9 Å². The largest absolute Gasteiger partial charge is 0.438 e. The van der Waals surface area contributed by atoms with Gasteiger partial charge in [0.15, 0.2) is 11.3 Å². The summed E-state index contributed by atoms with van der Waals surface area (Å²) in [4.78, 5) is 13.0. The van der Waals surface area contributed by atoms with E-state index in [0.29, 0.717) is 24.1 Å². The summed E-state index contributed by atoms with van der Waals surface area (Å²) in [5.41, 5.74) is 10.1. The number of nitrogens with one attached hydrogen (secondary N) is 1. The Hall–Kier alpha value is -3.71. The van der Waals surface area contributed by atoms with Gasteiger partial charge >= 0.3 is 0 Å².